The molecule has 3 N–H and O–H groups in total. The highest BCUT2D eigenvalue weighted by Crippen LogP contribution is 2.25. The van der Waals surface area contributed by atoms with Gasteiger partial charge in [0.2, 0.25) is 0 Å². The van der Waals surface area contributed by atoms with Gasteiger partial charge in [0, 0.05) is 12.1 Å². The van der Waals surface area contributed by atoms with Gasteiger partial charge < -0.3 is 20.5 Å². The first-order chi connectivity index (χ1) is 9.90. The molecule has 0 saturated carbocycles. The van der Waals surface area contributed by atoms with Crippen molar-refractivity contribution < 1.29 is 14.3 Å². The molecule has 1 atom stereocenters. The molecule has 6 heteroatoms. The van der Waals surface area contributed by atoms with Crippen molar-refractivity contribution in [2.75, 3.05) is 20.3 Å². The fourth-order valence-electron chi connectivity index (χ4n) is 2.34. The molecule has 1 aromatic rings. The van der Waals surface area contributed by atoms with Gasteiger partial charge in [-0.1, -0.05) is 26.0 Å². The predicted octanol–water partition coefficient (Wildman–Crippen LogP) is 2.38. The molecule has 0 aliphatic carbocycles. The summed E-state index contributed by atoms with van der Waals surface area (Å²) in [5, 5.41) is 2.95. The van der Waals surface area contributed by atoms with Crippen LogP contribution in [0, 0.1) is 5.92 Å². The van der Waals surface area contributed by atoms with E-state index in [9.17, 15) is 4.79 Å². The number of para-hydroxylation sites is 2. The molecule has 0 aromatic heterocycles. The third kappa shape index (κ3) is 6.54. The first-order valence-corrected chi connectivity index (χ1v) is 7.17. The Hall–Kier alpha value is -1.46. The summed E-state index contributed by atoms with van der Waals surface area (Å²) in [7, 11) is 1.57. The largest absolute Gasteiger partial charge is 0.493 e. The second-order valence-corrected chi connectivity index (χ2v) is 5.85. The number of carbonyl (C=O) groups is 1. The molecule has 1 unspecified atom stereocenters. The highest BCUT2D eigenvalue weighted by molar-refractivity contribution is 5.85. The van der Waals surface area contributed by atoms with E-state index in [0.717, 1.165) is 6.42 Å². The van der Waals surface area contributed by atoms with Gasteiger partial charge in [-0.05, 0) is 31.4 Å². The topological polar surface area (TPSA) is 73.6 Å². The number of rotatable bonds is 8. The maximum atomic E-state index is 12.0. The minimum absolute atomic E-state index is 0. The first-order valence-electron chi connectivity index (χ1n) is 7.17. The van der Waals surface area contributed by atoms with Gasteiger partial charge in [0.15, 0.2) is 18.1 Å². The van der Waals surface area contributed by atoms with Crippen molar-refractivity contribution in [2.45, 2.75) is 32.7 Å². The van der Waals surface area contributed by atoms with E-state index in [0.29, 0.717) is 24.0 Å². The second kappa shape index (κ2) is 9.54. The van der Waals surface area contributed by atoms with E-state index in [4.69, 9.17) is 15.2 Å². The van der Waals surface area contributed by atoms with Crippen LogP contribution in [-0.4, -0.2) is 31.7 Å². The van der Waals surface area contributed by atoms with Crippen molar-refractivity contribution >= 4 is 18.3 Å². The number of hydrogen-bond acceptors (Lipinski definition) is 4. The van der Waals surface area contributed by atoms with Crippen molar-refractivity contribution in [3.8, 4) is 11.5 Å². The molecule has 5 nitrogen and oxygen atoms in total. The zero-order valence-electron chi connectivity index (χ0n) is 13.7. The number of methoxy groups -OCH3 is 1. The first kappa shape index (κ1) is 20.5. The van der Waals surface area contributed by atoms with E-state index in [-0.39, 0.29) is 24.9 Å². The van der Waals surface area contributed by atoms with Crippen LogP contribution in [0.15, 0.2) is 24.3 Å². The second-order valence-electron chi connectivity index (χ2n) is 5.85. The lowest BCUT2D eigenvalue weighted by atomic mass is 9.91. The number of amides is 1. The monoisotopic (exact) mass is 330 g/mol. The smallest absolute Gasteiger partial charge is 0.258 e. The van der Waals surface area contributed by atoms with Crippen LogP contribution in [0.5, 0.6) is 11.5 Å². The Labute approximate surface area is 139 Å². The molecule has 1 amide bonds. The van der Waals surface area contributed by atoms with Crippen LogP contribution in [-0.2, 0) is 4.79 Å². The van der Waals surface area contributed by atoms with Crippen molar-refractivity contribution in [1.29, 1.82) is 0 Å². The van der Waals surface area contributed by atoms with Gasteiger partial charge in [-0.3, -0.25) is 4.79 Å². The zero-order chi connectivity index (χ0) is 15.9. The van der Waals surface area contributed by atoms with Gasteiger partial charge in [0.25, 0.3) is 5.91 Å². The molecule has 0 saturated heterocycles. The fourth-order valence-corrected chi connectivity index (χ4v) is 2.34. The summed E-state index contributed by atoms with van der Waals surface area (Å²) in [4.78, 5) is 12.0. The van der Waals surface area contributed by atoms with Crippen LogP contribution in [0.4, 0.5) is 0 Å². The Morgan fingerprint density at radius 2 is 1.91 bits per heavy atom. The third-order valence-electron chi connectivity index (χ3n) is 3.18. The quantitative estimate of drug-likeness (QED) is 0.767. The van der Waals surface area contributed by atoms with Crippen LogP contribution in [0.25, 0.3) is 0 Å². The van der Waals surface area contributed by atoms with Gasteiger partial charge in [-0.25, -0.2) is 0 Å². The van der Waals surface area contributed by atoms with Crippen molar-refractivity contribution in [3.05, 3.63) is 24.3 Å². The van der Waals surface area contributed by atoms with Crippen molar-refractivity contribution in [3.63, 3.8) is 0 Å². The lowest BCUT2D eigenvalue weighted by Crippen LogP contribution is -2.53. The van der Waals surface area contributed by atoms with Gasteiger partial charge in [-0.15, -0.1) is 12.4 Å². The van der Waals surface area contributed by atoms with Crippen molar-refractivity contribution in [2.24, 2.45) is 11.7 Å². The Morgan fingerprint density at radius 3 is 2.41 bits per heavy atom. The van der Waals surface area contributed by atoms with Crippen LogP contribution in [0.1, 0.15) is 27.2 Å². The lowest BCUT2D eigenvalue weighted by Gasteiger charge is -2.31. The Kier molecular flexibility index (Phi) is 8.90. The van der Waals surface area contributed by atoms with E-state index in [1.807, 2.05) is 19.1 Å². The van der Waals surface area contributed by atoms with E-state index in [1.165, 1.54) is 0 Å². The number of nitrogens with two attached hydrogens (primary N) is 1. The molecule has 0 heterocycles. The molecule has 0 bridgehead atoms. The van der Waals surface area contributed by atoms with Gasteiger partial charge in [0.1, 0.15) is 0 Å². The molecule has 0 aliphatic heterocycles. The summed E-state index contributed by atoms with van der Waals surface area (Å²) in [6, 6.07) is 7.23. The highest BCUT2D eigenvalue weighted by atomic mass is 35.5. The Bertz CT molecular complexity index is 468. The standard InChI is InChI=1S/C16H26N2O3.ClH/c1-12(2)9-16(3,11-17)18-15(19)10-21-14-8-6-5-7-13(14)20-4;/h5-8,12H,9-11,17H2,1-4H3,(H,18,19);1H. The van der Waals surface area contributed by atoms with Gasteiger partial charge in [0.05, 0.1) is 7.11 Å². The van der Waals surface area contributed by atoms with Crippen LogP contribution in [0.3, 0.4) is 0 Å². The summed E-state index contributed by atoms with van der Waals surface area (Å²) in [6.07, 6.45) is 0.823. The molecule has 0 aliphatic rings. The predicted molar refractivity (Wildman–Crippen MR) is 90.8 cm³/mol. The minimum Gasteiger partial charge on any atom is -0.493 e. The summed E-state index contributed by atoms with van der Waals surface area (Å²) < 4.78 is 10.7. The molecule has 1 aromatic carbocycles. The zero-order valence-corrected chi connectivity index (χ0v) is 14.5. The molecule has 0 radical (unpaired) electrons. The number of nitrogens with one attached hydrogen (secondary N) is 1. The van der Waals surface area contributed by atoms with E-state index in [2.05, 4.69) is 19.2 Å². The normalized spacial score (nSPS) is 13.0. The van der Waals surface area contributed by atoms with Crippen LogP contribution < -0.4 is 20.5 Å². The van der Waals surface area contributed by atoms with Crippen molar-refractivity contribution in [1.82, 2.24) is 5.32 Å². The minimum atomic E-state index is -0.407. The molecule has 0 spiro atoms. The summed E-state index contributed by atoms with van der Waals surface area (Å²) in [6.45, 7) is 6.49. The SMILES string of the molecule is COc1ccccc1OCC(=O)NC(C)(CN)CC(C)C.Cl. The Balaban J connectivity index is 0.00000441. The maximum absolute atomic E-state index is 12.0. The molecular weight excluding hydrogens is 304 g/mol. The van der Waals surface area contributed by atoms with Gasteiger partial charge in [-0.2, -0.15) is 0 Å². The maximum Gasteiger partial charge on any atom is 0.258 e. The number of carbonyl (C=O) groups excluding carboxylic acids is 1. The van der Waals surface area contributed by atoms with E-state index >= 15 is 0 Å². The molecule has 126 valence electrons. The molecule has 1 rings (SSSR count). The number of hydrogen-bond donors (Lipinski definition) is 2. The number of benzene rings is 1. The molecule has 0 fully saturated rings. The van der Waals surface area contributed by atoms with Gasteiger partial charge >= 0.3 is 0 Å². The average Bonchev–Trinajstić information content (AvgIpc) is 2.44. The fraction of sp³-hybridized carbons (Fsp3) is 0.562. The summed E-state index contributed by atoms with van der Waals surface area (Å²) in [5.74, 6) is 1.42. The lowest BCUT2D eigenvalue weighted by molar-refractivity contribution is -0.125. The molecular formula is C16H27ClN2O3. The summed E-state index contributed by atoms with van der Waals surface area (Å²) in [5.41, 5.74) is 5.37. The van der Waals surface area contributed by atoms with E-state index < -0.39 is 5.54 Å². The number of ether oxygens (including phenoxy) is 2. The highest BCUT2D eigenvalue weighted by Gasteiger charge is 2.26. The number of halogens is 1. The average molecular weight is 331 g/mol. The van der Waals surface area contributed by atoms with Crippen LogP contribution >= 0.6 is 12.4 Å². The molecule has 22 heavy (non-hydrogen) atoms. The third-order valence-corrected chi connectivity index (χ3v) is 3.18. The van der Waals surface area contributed by atoms with E-state index in [1.54, 1.807) is 19.2 Å². The summed E-state index contributed by atoms with van der Waals surface area (Å²) >= 11 is 0. The van der Waals surface area contributed by atoms with Crippen LogP contribution in [0.2, 0.25) is 0 Å². The Morgan fingerprint density at radius 1 is 1.32 bits per heavy atom.